The number of thiazole rings is 1. The van der Waals surface area contributed by atoms with E-state index in [1.165, 1.54) is 19.1 Å². The Bertz CT molecular complexity index is 849. The fraction of sp³-hybridized carbons (Fsp3) is 0.333. The lowest BCUT2D eigenvalue weighted by molar-refractivity contribution is -0.127. The molecule has 0 radical (unpaired) electrons. The van der Waals surface area contributed by atoms with Gasteiger partial charge in [0.2, 0.25) is 0 Å². The van der Waals surface area contributed by atoms with Gasteiger partial charge in [-0.3, -0.25) is 10.1 Å². The van der Waals surface area contributed by atoms with Gasteiger partial charge in [0.1, 0.15) is 15.7 Å². The number of urea groups is 1. The standard InChI is InChI=1S/C18H20FN3O4S/c1-9(2)20-18(25)22-15(23)11(4)26-17(24)14-10(3)21-16(27-14)12-5-7-13(19)8-6-12/h5-9,11H,1-4H3,(H2,20,22,23,25)/t11-/m1/s1. The summed E-state index contributed by atoms with van der Waals surface area (Å²) >= 11 is 1.08. The van der Waals surface area contributed by atoms with Crippen LogP contribution in [0, 0.1) is 12.7 Å². The summed E-state index contributed by atoms with van der Waals surface area (Å²) in [5, 5.41) is 5.14. The summed E-state index contributed by atoms with van der Waals surface area (Å²) in [6.07, 6.45) is -1.16. The van der Waals surface area contributed by atoms with E-state index in [0.717, 1.165) is 11.3 Å². The van der Waals surface area contributed by atoms with Crippen molar-refractivity contribution < 1.29 is 23.5 Å². The van der Waals surface area contributed by atoms with Crippen LogP contribution in [0.5, 0.6) is 0 Å². The monoisotopic (exact) mass is 393 g/mol. The Balaban J connectivity index is 2.04. The van der Waals surface area contributed by atoms with Crippen molar-refractivity contribution in [3.63, 3.8) is 0 Å². The maximum absolute atomic E-state index is 13.0. The van der Waals surface area contributed by atoms with Crippen LogP contribution >= 0.6 is 11.3 Å². The highest BCUT2D eigenvalue weighted by atomic mass is 32.1. The van der Waals surface area contributed by atoms with Crippen LogP contribution in [0.2, 0.25) is 0 Å². The number of nitrogens with one attached hydrogen (secondary N) is 2. The predicted octanol–water partition coefficient (Wildman–Crippen LogP) is 3.04. The number of hydrogen-bond donors (Lipinski definition) is 2. The number of ether oxygens (including phenoxy) is 1. The molecule has 2 aromatic rings. The number of nitrogens with zero attached hydrogens (tertiary/aromatic N) is 1. The molecule has 0 saturated carbocycles. The first kappa shape index (κ1) is 20.5. The number of rotatable bonds is 5. The Hall–Kier alpha value is -2.81. The first-order valence-electron chi connectivity index (χ1n) is 8.23. The van der Waals surface area contributed by atoms with E-state index in [9.17, 15) is 18.8 Å². The third-order valence-electron chi connectivity index (χ3n) is 3.38. The molecule has 144 valence electrons. The molecule has 0 bridgehead atoms. The molecule has 1 aromatic heterocycles. The van der Waals surface area contributed by atoms with Gasteiger partial charge in [-0.05, 0) is 52.0 Å². The molecular formula is C18H20FN3O4S. The van der Waals surface area contributed by atoms with Crippen molar-refractivity contribution in [1.82, 2.24) is 15.6 Å². The zero-order valence-electron chi connectivity index (χ0n) is 15.3. The third kappa shape index (κ3) is 5.58. The molecule has 1 atom stereocenters. The third-order valence-corrected chi connectivity index (χ3v) is 4.57. The smallest absolute Gasteiger partial charge is 0.351 e. The SMILES string of the molecule is Cc1nc(-c2ccc(F)cc2)sc1C(=O)O[C@H](C)C(=O)NC(=O)NC(C)C. The summed E-state index contributed by atoms with van der Waals surface area (Å²) < 4.78 is 18.2. The fourth-order valence-electron chi connectivity index (χ4n) is 2.08. The zero-order chi connectivity index (χ0) is 20.1. The van der Waals surface area contributed by atoms with Gasteiger partial charge in [0.25, 0.3) is 5.91 Å². The van der Waals surface area contributed by atoms with Crippen LogP contribution in [0.25, 0.3) is 10.6 Å². The van der Waals surface area contributed by atoms with Crippen LogP contribution < -0.4 is 10.6 Å². The van der Waals surface area contributed by atoms with E-state index in [0.29, 0.717) is 16.3 Å². The number of hydrogen-bond acceptors (Lipinski definition) is 6. The average molecular weight is 393 g/mol. The largest absolute Gasteiger partial charge is 0.448 e. The highest BCUT2D eigenvalue weighted by molar-refractivity contribution is 7.17. The van der Waals surface area contributed by atoms with E-state index in [1.54, 1.807) is 32.9 Å². The molecule has 0 spiro atoms. The van der Waals surface area contributed by atoms with E-state index in [-0.39, 0.29) is 16.7 Å². The summed E-state index contributed by atoms with van der Waals surface area (Å²) in [6, 6.07) is 4.93. The van der Waals surface area contributed by atoms with E-state index in [4.69, 9.17) is 4.74 Å². The molecule has 9 heteroatoms. The van der Waals surface area contributed by atoms with Crippen molar-refractivity contribution in [3.8, 4) is 10.6 Å². The summed E-state index contributed by atoms with van der Waals surface area (Å²) in [4.78, 5) is 40.4. The molecular weight excluding hydrogens is 373 g/mol. The van der Waals surface area contributed by atoms with Gasteiger partial charge in [-0.1, -0.05) is 0 Å². The number of aryl methyl sites for hydroxylation is 1. The molecule has 0 aliphatic carbocycles. The van der Waals surface area contributed by atoms with Crippen LogP contribution in [0.15, 0.2) is 24.3 Å². The number of carbonyl (C=O) groups is 3. The van der Waals surface area contributed by atoms with E-state index < -0.39 is 24.0 Å². The van der Waals surface area contributed by atoms with Crippen molar-refractivity contribution >= 4 is 29.2 Å². The van der Waals surface area contributed by atoms with E-state index >= 15 is 0 Å². The van der Waals surface area contributed by atoms with Crippen molar-refractivity contribution in [3.05, 3.63) is 40.7 Å². The lowest BCUT2D eigenvalue weighted by atomic mass is 10.2. The van der Waals surface area contributed by atoms with E-state index in [2.05, 4.69) is 15.6 Å². The van der Waals surface area contributed by atoms with Crippen LogP contribution in [0.1, 0.15) is 36.1 Å². The molecule has 3 amide bonds. The fourth-order valence-corrected chi connectivity index (χ4v) is 3.04. The number of halogens is 1. The molecule has 0 aliphatic rings. The highest BCUT2D eigenvalue weighted by Crippen LogP contribution is 2.28. The van der Waals surface area contributed by atoms with Gasteiger partial charge in [0.05, 0.1) is 5.69 Å². The van der Waals surface area contributed by atoms with Gasteiger partial charge in [-0.2, -0.15) is 0 Å². The lowest BCUT2D eigenvalue weighted by Gasteiger charge is -2.14. The summed E-state index contributed by atoms with van der Waals surface area (Å²) in [7, 11) is 0. The molecule has 1 heterocycles. The molecule has 7 nitrogen and oxygen atoms in total. The molecule has 1 aromatic carbocycles. The number of benzene rings is 1. The minimum atomic E-state index is -1.16. The van der Waals surface area contributed by atoms with Crippen molar-refractivity contribution in [2.45, 2.75) is 39.8 Å². The minimum absolute atomic E-state index is 0.139. The quantitative estimate of drug-likeness (QED) is 0.761. The Labute approximate surface area is 159 Å². The van der Waals surface area contributed by atoms with Gasteiger partial charge in [0, 0.05) is 11.6 Å². The summed E-state index contributed by atoms with van der Waals surface area (Å²) in [5.41, 5.74) is 1.11. The van der Waals surface area contributed by atoms with Gasteiger partial charge in [-0.15, -0.1) is 11.3 Å². The second-order valence-corrected chi connectivity index (χ2v) is 7.10. The second-order valence-electron chi connectivity index (χ2n) is 6.11. The van der Waals surface area contributed by atoms with Crippen LogP contribution in [-0.2, 0) is 9.53 Å². The van der Waals surface area contributed by atoms with Crippen molar-refractivity contribution in [2.24, 2.45) is 0 Å². The highest BCUT2D eigenvalue weighted by Gasteiger charge is 2.24. The molecule has 2 rings (SSSR count). The predicted molar refractivity (Wildman–Crippen MR) is 98.9 cm³/mol. The topological polar surface area (TPSA) is 97.4 Å². The molecule has 0 unspecified atom stereocenters. The molecule has 27 heavy (non-hydrogen) atoms. The minimum Gasteiger partial charge on any atom is -0.448 e. The Kier molecular flexibility index (Phi) is 6.62. The summed E-state index contributed by atoms with van der Waals surface area (Å²) in [5.74, 6) is -1.82. The van der Waals surface area contributed by atoms with Crippen LogP contribution in [-0.4, -0.2) is 35.0 Å². The Morgan fingerprint density at radius 3 is 2.37 bits per heavy atom. The normalized spacial score (nSPS) is 11.8. The van der Waals surface area contributed by atoms with E-state index in [1.807, 2.05) is 0 Å². The molecule has 2 N–H and O–H groups in total. The number of imide groups is 1. The number of amides is 3. The van der Waals surface area contributed by atoms with Gasteiger partial charge in [0.15, 0.2) is 6.10 Å². The summed E-state index contributed by atoms with van der Waals surface area (Å²) in [6.45, 7) is 6.51. The van der Waals surface area contributed by atoms with Gasteiger partial charge >= 0.3 is 12.0 Å². The Morgan fingerprint density at radius 2 is 1.78 bits per heavy atom. The number of esters is 1. The first-order valence-corrected chi connectivity index (χ1v) is 9.04. The van der Waals surface area contributed by atoms with Crippen LogP contribution in [0.3, 0.4) is 0 Å². The van der Waals surface area contributed by atoms with Gasteiger partial charge in [-0.25, -0.2) is 19.0 Å². The van der Waals surface area contributed by atoms with Crippen molar-refractivity contribution in [1.29, 1.82) is 0 Å². The lowest BCUT2D eigenvalue weighted by Crippen LogP contribution is -2.46. The van der Waals surface area contributed by atoms with Crippen molar-refractivity contribution in [2.75, 3.05) is 0 Å². The average Bonchev–Trinajstić information content (AvgIpc) is 2.96. The molecule has 0 aliphatic heterocycles. The second kappa shape index (κ2) is 8.72. The number of carbonyl (C=O) groups excluding carboxylic acids is 3. The number of aromatic nitrogens is 1. The molecule has 0 saturated heterocycles. The maximum Gasteiger partial charge on any atom is 0.351 e. The van der Waals surface area contributed by atoms with Crippen LogP contribution in [0.4, 0.5) is 9.18 Å². The first-order chi connectivity index (χ1) is 12.7. The molecule has 0 fully saturated rings. The maximum atomic E-state index is 13.0. The van der Waals surface area contributed by atoms with Gasteiger partial charge < -0.3 is 10.1 Å². The zero-order valence-corrected chi connectivity index (χ0v) is 16.1. The Morgan fingerprint density at radius 1 is 1.15 bits per heavy atom.